The lowest BCUT2D eigenvalue weighted by atomic mass is 10.1. The minimum absolute atomic E-state index is 0.206. The van der Waals surface area contributed by atoms with Gasteiger partial charge in [0.05, 0.1) is 27.6 Å². The molecular weight excluding hydrogens is 304 g/mol. The molecule has 0 radical (unpaired) electrons. The fourth-order valence-corrected chi connectivity index (χ4v) is 2.70. The number of aryl methyl sites for hydroxylation is 2. The summed E-state index contributed by atoms with van der Waals surface area (Å²) in [6, 6.07) is 6.23. The molecule has 0 fully saturated rings. The van der Waals surface area contributed by atoms with Gasteiger partial charge in [-0.3, -0.25) is 9.67 Å². The Hall–Kier alpha value is -1.20. The summed E-state index contributed by atoms with van der Waals surface area (Å²) in [6.07, 6.45) is 2.70. The highest BCUT2D eigenvalue weighted by atomic mass is 79.9. The third kappa shape index (κ3) is 3.22. The van der Waals surface area contributed by atoms with Crippen molar-refractivity contribution in [3.05, 3.63) is 46.0 Å². The minimum Gasteiger partial charge on any atom is -0.309 e. The molecule has 0 saturated carbocycles. The van der Waals surface area contributed by atoms with Crippen LogP contribution in [0, 0.1) is 6.92 Å². The van der Waals surface area contributed by atoms with Gasteiger partial charge in [-0.05, 0) is 41.5 Å². The van der Waals surface area contributed by atoms with E-state index in [0.29, 0.717) is 0 Å². The zero-order chi connectivity index (χ0) is 13.8. The molecule has 1 unspecified atom stereocenters. The van der Waals surface area contributed by atoms with Gasteiger partial charge in [0, 0.05) is 19.7 Å². The summed E-state index contributed by atoms with van der Waals surface area (Å²) >= 11 is 3.62. The smallest absolute Gasteiger partial charge is 0.0738 e. The Morgan fingerprint density at radius 1 is 1.42 bits per heavy atom. The molecule has 0 bridgehead atoms. The van der Waals surface area contributed by atoms with E-state index in [0.717, 1.165) is 28.8 Å². The zero-order valence-electron chi connectivity index (χ0n) is 11.5. The van der Waals surface area contributed by atoms with Crippen LogP contribution < -0.4 is 5.32 Å². The van der Waals surface area contributed by atoms with Crippen molar-refractivity contribution in [1.29, 1.82) is 0 Å². The highest BCUT2D eigenvalue weighted by Gasteiger charge is 2.18. The highest BCUT2D eigenvalue weighted by molar-refractivity contribution is 9.10. The maximum Gasteiger partial charge on any atom is 0.0738 e. The van der Waals surface area contributed by atoms with Gasteiger partial charge in [0.25, 0.3) is 0 Å². The first-order chi connectivity index (χ1) is 9.13. The second-order valence-corrected chi connectivity index (χ2v) is 5.33. The molecule has 0 aliphatic rings. The lowest BCUT2D eigenvalue weighted by molar-refractivity contribution is 0.516. The van der Waals surface area contributed by atoms with Crippen molar-refractivity contribution in [2.75, 3.05) is 6.54 Å². The number of pyridine rings is 1. The molecule has 0 aliphatic heterocycles. The SMILES string of the molecule is CCNC(Cc1c(Br)c(C)nn1C)c1ccccn1. The van der Waals surface area contributed by atoms with E-state index >= 15 is 0 Å². The van der Waals surface area contributed by atoms with Crippen LogP contribution in [0.2, 0.25) is 0 Å². The lowest BCUT2D eigenvalue weighted by Crippen LogP contribution is -2.24. The first-order valence-corrected chi connectivity index (χ1v) is 7.25. The van der Waals surface area contributed by atoms with E-state index in [-0.39, 0.29) is 6.04 Å². The first kappa shape index (κ1) is 14.2. The van der Waals surface area contributed by atoms with Gasteiger partial charge in [0.1, 0.15) is 0 Å². The Morgan fingerprint density at radius 3 is 2.74 bits per heavy atom. The van der Waals surface area contributed by atoms with E-state index in [1.807, 2.05) is 37.0 Å². The van der Waals surface area contributed by atoms with Gasteiger partial charge >= 0.3 is 0 Å². The maximum absolute atomic E-state index is 4.45. The molecule has 1 atom stereocenters. The third-order valence-electron chi connectivity index (χ3n) is 3.15. The van der Waals surface area contributed by atoms with Crippen molar-refractivity contribution in [2.24, 2.45) is 7.05 Å². The Morgan fingerprint density at radius 2 is 2.21 bits per heavy atom. The van der Waals surface area contributed by atoms with Gasteiger partial charge in [-0.1, -0.05) is 13.0 Å². The van der Waals surface area contributed by atoms with Crippen LogP contribution >= 0.6 is 15.9 Å². The average Bonchev–Trinajstić information content (AvgIpc) is 2.65. The van der Waals surface area contributed by atoms with Crippen LogP contribution in [0.4, 0.5) is 0 Å². The standard InChI is InChI=1S/C14H19BrN4/c1-4-16-12(11-7-5-6-8-17-11)9-13-14(15)10(2)18-19(13)3/h5-8,12,16H,4,9H2,1-3H3. The number of nitrogens with zero attached hydrogens (tertiary/aromatic N) is 3. The monoisotopic (exact) mass is 322 g/mol. The van der Waals surface area contributed by atoms with Gasteiger partial charge in [-0.2, -0.15) is 5.10 Å². The predicted octanol–water partition coefficient (Wildman–Crippen LogP) is 2.78. The van der Waals surface area contributed by atoms with E-state index in [1.54, 1.807) is 0 Å². The summed E-state index contributed by atoms with van der Waals surface area (Å²) in [5, 5.41) is 7.93. The van der Waals surface area contributed by atoms with Crippen LogP contribution in [0.15, 0.2) is 28.9 Å². The molecule has 2 rings (SSSR count). The van der Waals surface area contributed by atoms with Gasteiger partial charge in [0.15, 0.2) is 0 Å². The Balaban J connectivity index is 2.26. The van der Waals surface area contributed by atoms with Crippen LogP contribution in [-0.4, -0.2) is 21.3 Å². The molecule has 102 valence electrons. The molecule has 2 heterocycles. The molecular formula is C14H19BrN4. The quantitative estimate of drug-likeness (QED) is 0.920. The molecule has 19 heavy (non-hydrogen) atoms. The van der Waals surface area contributed by atoms with E-state index in [2.05, 4.69) is 44.3 Å². The molecule has 2 aromatic rings. The summed E-state index contributed by atoms with van der Waals surface area (Å²) in [7, 11) is 1.98. The number of likely N-dealkylation sites (N-methyl/N-ethyl adjacent to an activating group) is 1. The van der Waals surface area contributed by atoms with Crippen LogP contribution in [-0.2, 0) is 13.5 Å². The van der Waals surface area contributed by atoms with Crippen LogP contribution in [0.3, 0.4) is 0 Å². The summed E-state index contributed by atoms with van der Waals surface area (Å²) in [4.78, 5) is 4.45. The minimum atomic E-state index is 0.206. The van der Waals surface area contributed by atoms with Gasteiger partial charge in [-0.15, -0.1) is 0 Å². The number of hydrogen-bond donors (Lipinski definition) is 1. The zero-order valence-corrected chi connectivity index (χ0v) is 13.1. The maximum atomic E-state index is 4.45. The molecule has 2 aromatic heterocycles. The molecule has 0 spiro atoms. The lowest BCUT2D eigenvalue weighted by Gasteiger charge is -2.17. The number of nitrogens with one attached hydrogen (secondary N) is 1. The van der Waals surface area contributed by atoms with Crippen molar-refractivity contribution in [3.63, 3.8) is 0 Å². The molecule has 0 aliphatic carbocycles. The predicted molar refractivity (Wildman–Crippen MR) is 80.0 cm³/mol. The first-order valence-electron chi connectivity index (χ1n) is 6.45. The van der Waals surface area contributed by atoms with Crippen molar-refractivity contribution in [2.45, 2.75) is 26.3 Å². The topological polar surface area (TPSA) is 42.7 Å². The normalized spacial score (nSPS) is 12.6. The van der Waals surface area contributed by atoms with E-state index < -0.39 is 0 Å². The fraction of sp³-hybridized carbons (Fsp3) is 0.429. The summed E-state index contributed by atoms with van der Waals surface area (Å²) in [5.74, 6) is 0. The van der Waals surface area contributed by atoms with Crippen molar-refractivity contribution in [1.82, 2.24) is 20.1 Å². The second-order valence-electron chi connectivity index (χ2n) is 4.54. The highest BCUT2D eigenvalue weighted by Crippen LogP contribution is 2.25. The Bertz CT molecular complexity index is 536. The van der Waals surface area contributed by atoms with Crippen LogP contribution in [0.1, 0.15) is 30.0 Å². The Kier molecular flexibility index (Phi) is 4.71. The molecule has 1 N–H and O–H groups in total. The van der Waals surface area contributed by atoms with Crippen molar-refractivity contribution < 1.29 is 0 Å². The van der Waals surface area contributed by atoms with E-state index in [1.165, 1.54) is 5.69 Å². The Labute approximate surface area is 122 Å². The van der Waals surface area contributed by atoms with Crippen LogP contribution in [0.5, 0.6) is 0 Å². The second kappa shape index (κ2) is 6.30. The largest absolute Gasteiger partial charge is 0.309 e. The van der Waals surface area contributed by atoms with Gasteiger partial charge < -0.3 is 5.32 Å². The number of hydrogen-bond acceptors (Lipinski definition) is 3. The number of aromatic nitrogens is 3. The van der Waals surface area contributed by atoms with Gasteiger partial charge in [-0.25, -0.2) is 0 Å². The molecule has 5 heteroatoms. The van der Waals surface area contributed by atoms with Crippen molar-refractivity contribution >= 4 is 15.9 Å². The van der Waals surface area contributed by atoms with Crippen molar-refractivity contribution in [3.8, 4) is 0 Å². The summed E-state index contributed by atoms with van der Waals surface area (Å²) < 4.78 is 3.03. The summed E-state index contributed by atoms with van der Waals surface area (Å²) in [5.41, 5.74) is 3.28. The van der Waals surface area contributed by atoms with Crippen LogP contribution in [0.25, 0.3) is 0 Å². The molecule has 0 aromatic carbocycles. The molecule has 0 amide bonds. The summed E-state index contributed by atoms with van der Waals surface area (Å²) in [6.45, 7) is 5.03. The number of halogens is 1. The van der Waals surface area contributed by atoms with E-state index in [9.17, 15) is 0 Å². The third-order valence-corrected chi connectivity index (χ3v) is 4.19. The van der Waals surface area contributed by atoms with Gasteiger partial charge in [0.2, 0.25) is 0 Å². The average molecular weight is 323 g/mol. The number of rotatable bonds is 5. The fourth-order valence-electron chi connectivity index (χ4n) is 2.20. The molecule has 0 saturated heterocycles. The molecule has 4 nitrogen and oxygen atoms in total. The van der Waals surface area contributed by atoms with E-state index in [4.69, 9.17) is 0 Å².